The summed E-state index contributed by atoms with van der Waals surface area (Å²) in [5, 5.41) is 15.7. The monoisotopic (exact) mass is 340 g/mol. The number of aromatic nitrogens is 1. The molecule has 128 valence electrons. The van der Waals surface area contributed by atoms with Gasteiger partial charge in [0.2, 0.25) is 0 Å². The molecule has 0 atom stereocenters. The van der Waals surface area contributed by atoms with E-state index in [9.17, 15) is 9.59 Å². The number of hydrogen-bond acceptors (Lipinski definition) is 5. The number of nitrogens with zero attached hydrogens (tertiary/aromatic N) is 2. The van der Waals surface area contributed by atoms with Crippen LogP contribution in [0.25, 0.3) is 0 Å². The molecular formula is C15H24N4O3S. The standard InChI is InChI=1S/C15H24N4O3S/c1-4-19(8-14(20)21)12-5-11(6-12)18-15(22)16-7-13-9(2)17-10(3)23-13/h11-12H,4-8H2,1-3H3,(H,20,21)(H2,16,18,22). The van der Waals surface area contributed by atoms with E-state index in [0.717, 1.165) is 28.4 Å². The Hall–Kier alpha value is -1.67. The molecule has 7 nitrogen and oxygen atoms in total. The predicted octanol–water partition coefficient (Wildman–Crippen LogP) is 1.50. The van der Waals surface area contributed by atoms with E-state index < -0.39 is 5.97 Å². The lowest BCUT2D eigenvalue weighted by molar-refractivity contribution is -0.139. The van der Waals surface area contributed by atoms with Gasteiger partial charge in [0.15, 0.2) is 0 Å². The minimum atomic E-state index is -0.809. The second kappa shape index (κ2) is 7.74. The maximum Gasteiger partial charge on any atom is 0.317 e. The largest absolute Gasteiger partial charge is 0.480 e. The van der Waals surface area contributed by atoms with E-state index in [2.05, 4.69) is 15.6 Å². The number of carbonyl (C=O) groups is 2. The normalized spacial score (nSPS) is 20.2. The molecule has 1 heterocycles. The van der Waals surface area contributed by atoms with Gasteiger partial charge in [-0.2, -0.15) is 0 Å². The summed E-state index contributed by atoms with van der Waals surface area (Å²) in [6, 6.07) is 0.181. The van der Waals surface area contributed by atoms with Crippen molar-refractivity contribution in [2.24, 2.45) is 0 Å². The summed E-state index contributed by atoms with van der Waals surface area (Å²) in [5.41, 5.74) is 0.962. The molecule has 1 aromatic rings. The molecule has 8 heteroatoms. The molecule has 1 aliphatic carbocycles. The van der Waals surface area contributed by atoms with Gasteiger partial charge in [-0.3, -0.25) is 9.69 Å². The minimum absolute atomic E-state index is 0.0596. The lowest BCUT2D eigenvalue weighted by Crippen LogP contribution is -2.56. The Labute approximate surface area is 140 Å². The highest BCUT2D eigenvalue weighted by Gasteiger charge is 2.34. The van der Waals surface area contributed by atoms with Gasteiger partial charge >= 0.3 is 12.0 Å². The Kier molecular flexibility index (Phi) is 5.95. The zero-order valence-corrected chi connectivity index (χ0v) is 14.6. The number of likely N-dealkylation sites (N-methyl/N-ethyl adjacent to an activating group) is 1. The summed E-state index contributed by atoms with van der Waals surface area (Å²) in [6.45, 7) is 7.10. The van der Waals surface area contributed by atoms with Crippen molar-refractivity contribution in [3.8, 4) is 0 Å². The highest BCUT2D eigenvalue weighted by Crippen LogP contribution is 2.25. The zero-order valence-electron chi connectivity index (χ0n) is 13.8. The average Bonchev–Trinajstić information content (AvgIpc) is 2.75. The molecule has 2 rings (SSSR count). The number of carbonyl (C=O) groups excluding carboxylic acids is 1. The van der Waals surface area contributed by atoms with Crippen molar-refractivity contribution in [1.29, 1.82) is 0 Å². The number of hydrogen-bond donors (Lipinski definition) is 3. The minimum Gasteiger partial charge on any atom is -0.480 e. The Bertz CT molecular complexity index is 569. The van der Waals surface area contributed by atoms with Crippen LogP contribution in [-0.2, 0) is 11.3 Å². The van der Waals surface area contributed by atoms with Crippen LogP contribution in [0.5, 0.6) is 0 Å². The lowest BCUT2D eigenvalue weighted by atomic mass is 9.85. The van der Waals surface area contributed by atoms with E-state index in [1.165, 1.54) is 0 Å². The number of aryl methyl sites for hydroxylation is 2. The molecule has 1 fully saturated rings. The van der Waals surface area contributed by atoms with Crippen molar-refractivity contribution in [1.82, 2.24) is 20.5 Å². The molecule has 0 bridgehead atoms. The van der Waals surface area contributed by atoms with Crippen LogP contribution in [0, 0.1) is 13.8 Å². The molecule has 0 spiro atoms. The van der Waals surface area contributed by atoms with Gasteiger partial charge in [-0.15, -0.1) is 11.3 Å². The van der Waals surface area contributed by atoms with Gasteiger partial charge in [0, 0.05) is 17.0 Å². The van der Waals surface area contributed by atoms with Gasteiger partial charge in [0.05, 0.1) is 23.8 Å². The average molecular weight is 340 g/mol. The molecule has 0 saturated heterocycles. The Morgan fingerprint density at radius 1 is 1.39 bits per heavy atom. The summed E-state index contributed by atoms with van der Waals surface area (Å²) in [4.78, 5) is 30.0. The van der Waals surface area contributed by atoms with Crippen LogP contribution in [0.3, 0.4) is 0 Å². The van der Waals surface area contributed by atoms with Gasteiger partial charge < -0.3 is 15.7 Å². The van der Waals surface area contributed by atoms with Crippen LogP contribution in [-0.4, -0.2) is 52.2 Å². The van der Waals surface area contributed by atoms with Gasteiger partial charge in [0.1, 0.15) is 0 Å². The van der Waals surface area contributed by atoms with E-state index in [4.69, 9.17) is 5.11 Å². The summed E-state index contributed by atoms with van der Waals surface area (Å²) in [6.07, 6.45) is 1.60. The zero-order chi connectivity index (χ0) is 17.0. The van der Waals surface area contributed by atoms with Gasteiger partial charge in [-0.05, 0) is 33.2 Å². The van der Waals surface area contributed by atoms with Crippen molar-refractivity contribution in [2.75, 3.05) is 13.1 Å². The first-order valence-corrected chi connectivity index (χ1v) is 8.63. The van der Waals surface area contributed by atoms with Crippen molar-refractivity contribution in [3.05, 3.63) is 15.6 Å². The third-order valence-electron chi connectivity index (χ3n) is 4.12. The molecule has 1 saturated carbocycles. The maximum absolute atomic E-state index is 11.9. The highest BCUT2D eigenvalue weighted by molar-refractivity contribution is 7.11. The molecule has 23 heavy (non-hydrogen) atoms. The number of carboxylic acid groups (broad SMARTS) is 1. The molecule has 0 unspecified atom stereocenters. The van der Waals surface area contributed by atoms with Gasteiger partial charge in [-0.25, -0.2) is 9.78 Å². The van der Waals surface area contributed by atoms with E-state index >= 15 is 0 Å². The summed E-state index contributed by atoms with van der Waals surface area (Å²) >= 11 is 1.59. The third kappa shape index (κ3) is 4.90. The van der Waals surface area contributed by atoms with Crippen LogP contribution in [0.1, 0.15) is 35.3 Å². The van der Waals surface area contributed by atoms with E-state index in [1.54, 1.807) is 11.3 Å². The fourth-order valence-corrected chi connectivity index (χ4v) is 3.69. The molecule has 0 aromatic carbocycles. The Balaban J connectivity index is 1.69. The molecule has 2 amide bonds. The summed E-state index contributed by atoms with van der Waals surface area (Å²) in [7, 11) is 0. The van der Waals surface area contributed by atoms with Crippen LogP contribution >= 0.6 is 11.3 Å². The number of aliphatic carboxylic acids is 1. The highest BCUT2D eigenvalue weighted by atomic mass is 32.1. The first-order chi connectivity index (χ1) is 10.9. The van der Waals surface area contributed by atoms with E-state index in [-0.39, 0.29) is 24.7 Å². The second-order valence-electron chi connectivity index (χ2n) is 5.85. The van der Waals surface area contributed by atoms with E-state index in [0.29, 0.717) is 13.1 Å². The van der Waals surface area contributed by atoms with Crippen LogP contribution in [0.15, 0.2) is 0 Å². The first-order valence-electron chi connectivity index (χ1n) is 7.82. The van der Waals surface area contributed by atoms with Crippen LogP contribution < -0.4 is 10.6 Å². The van der Waals surface area contributed by atoms with Crippen LogP contribution in [0.2, 0.25) is 0 Å². The SMILES string of the molecule is CCN(CC(=O)O)C1CC(NC(=O)NCc2sc(C)nc2C)C1. The van der Waals surface area contributed by atoms with Crippen molar-refractivity contribution in [3.63, 3.8) is 0 Å². The fourth-order valence-electron chi connectivity index (χ4n) is 2.81. The van der Waals surface area contributed by atoms with Crippen molar-refractivity contribution < 1.29 is 14.7 Å². The number of nitrogens with one attached hydrogen (secondary N) is 2. The topological polar surface area (TPSA) is 94.6 Å². The molecule has 0 aliphatic heterocycles. The molecule has 0 radical (unpaired) electrons. The molecule has 1 aliphatic rings. The molecule has 1 aromatic heterocycles. The Morgan fingerprint density at radius 2 is 2.09 bits per heavy atom. The van der Waals surface area contributed by atoms with Crippen molar-refractivity contribution in [2.45, 2.75) is 52.2 Å². The maximum atomic E-state index is 11.9. The molecular weight excluding hydrogens is 316 g/mol. The van der Waals surface area contributed by atoms with Gasteiger partial charge in [0.25, 0.3) is 0 Å². The number of thiazole rings is 1. The number of urea groups is 1. The lowest BCUT2D eigenvalue weighted by Gasteiger charge is -2.42. The van der Waals surface area contributed by atoms with E-state index in [1.807, 2.05) is 25.7 Å². The quantitative estimate of drug-likeness (QED) is 0.699. The van der Waals surface area contributed by atoms with Crippen LogP contribution in [0.4, 0.5) is 4.79 Å². The smallest absolute Gasteiger partial charge is 0.317 e. The number of rotatable bonds is 7. The summed E-state index contributed by atoms with van der Waals surface area (Å²) < 4.78 is 0. The first kappa shape index (κ1) is 17.7. The molecule has 3 N–H and O–H groups in total. The fraction of sp³-hybridized carbons (Fsp3) is 0.667. The number of amides is 2. The summed E-state index contributed by atoms with van der Waals surface area (Å²) in [5.74, 6) is -0.809. The van der Waals surface area contributed by atoms with Gasteiger partial charge in [-0.1, -0.05) is 6.92 Å². The predicted molar refractivity (Wildman–Crippen MR) is 88.7 cm³/mol. The van der Waals surface area contributed by atoms with Crippen molar-refractivity contribution >= 4 is 23.3 Å². The third-order valence-corrected chi connectivity index (χ3v) is 5.19. The Morgan fingerprint density at radius 3 is 2.61 bits per heavy atom. The number of carboxylic acids is 1. The second-order valence-corrected chi connectivity index (χ2v) is 7.14.